The van der Waals surface area contributed by atoms with Crippen LogP contribution in [0.3, 0.4) is 0 Å². The van der Waals surface area contributed by atoms with Gasteiger partial charge in [-0.2, -0.15) is 0 Å². The minimum absolute atomic E-state index is 0. The highest BCUT2D eigenvalue weighted by Crippen LogP contribution is 2.35. The average molecular weight is 674 g/mol. The van der Waals surface area contributed by atoms with Crippen LogP contribution < -0.4 is 25.0 Å². The van der Waals surface area contributed by atoms with Crippen molar-refractivity contribution in [2.75, 3.05) is 57.3 Å². The summed E-state index contributed by atoms with van der Waals surface area (Å²) in [5.74, 6) is 1.08. The lowest BCUT2D eigenvalue weighted by atomic mass is 9.86. The van der Waals surface area contributed by atoms with Crippen molar-refractivity contribution in [2.24, 2.45) is 0 Å². The van der Waals surface area contributed by atoms with Gasteiger partial charge in [-0.15, -0.1) is 24.8 Å². The maximum absolute atomic E-state index is 14.5. The number of carbonyl (C=O) groups is 1. The van der Waals surface area contributed by atoms with Gasteiger partial charge in [-0.05, 0) is 53.8 Å². The van der Waals surface area contributed by atoms with Crippen molar-refractivity contribution >= 4 is 36.4 Å². The third-order valence-corrected chi connectivity index (χ3v) is 8.97. The first-order valence-corrected chi connectivity index (χ1v) is 16.1. The Hall–Kier alpha value is -3.04. The number of hydrogen-bond acceptors (Lipinski definition) is 6. The van der Waals surface area contributed by atoms with Gasteiger partial charge in [0.2, 0.25) is 0 Å². The number of ether oxygens (including phenoxy) is 2. The SMILES string of the molecule is CC(C)(C)c1ccc(-c2cc(C(=O)N3CCC(Oc4cc(F)cc(N5CCNCC5)c4)CC3)ccc2O[C@H]2CCNC2)cc1.Cl.Cl. The molecule has 3 saturated heterocycles. The first-order valence-electron chi connectivity index (χ1n) is 16.1. The monoisotopic (exact) mass is 672 g/mol. The van der Waals surface area contributed by atoms with Crippen LogP contribution in [0.4, 0.5) is 10.1 Å². The fourth-order valence-electron chi connectivity index (χ4n) is 6.32. The Bertz CT molecular complexity index is 1450. The molecule has 3 aromatic carbocycles. The van der Waals surface area contributed by atoms with Crippen molar-refractivity contribution in [1.29, 1.82) is 0 Å². The third kappa shape index (κ3) is 8.65. The number of rotatable bonds is 7. The molecule has 3 aliphatic heterocycles. The summed E-state index contributed by atoms with van der Waals surface area (Å²) in [6, 6.07) is 19.4. The van der Waals surface area contributed by atoms with E-state index in [9.17, 15) is 9.18 Å². The van der Waals surface area contributed by atoms with Crippen LogP contribution in [0.1, 0.15) is 56.0 Å². The summed E-state index contributed by atoms with van der Waals surface area (Å²) < 4.78 is 27.2. The molecule has 3 heterocycles. The zero-order valence-electron chi connectivity index (χ0n) is 27.0. The highest BCUT2D eigenvalue weighted by Gasteiger charge is 2.27. The molecule has 2 N–H and O–H groups in total. The number of piperidine rings is 1. The van der Waals surface area contributed by atoms with E-state index in [1.54, 1.807) is 6.07 Å². The molecule has 0 aliphatic carbocycles. The molecule has 3 fully saturated rings. The van der Waals surface area contributed by atoms with Gasteiger partial charge < -0.3 is 29.9 Å². The molecule has 0 unspecified atom stereocenters. The molecular weight excluding hydrogens is 626 g/mol. The molecule has 0 bridgehead atoms. The fraction of sp³-hybridized carbons (Fsp3) is 0.472. The van der Waals surface area contributed by atoms with Crippen molar-refractivity contribution in [3.8, 4) is 22.6 Å². The van der Waals surface area contributed by atoms with Crippen LogP contribution >= 0.6 is 24.8 Å². The van der Waals surface area contributed by atoms with Crippen LogP contribution in [0.5, 0.6) is 11.5 Å². The minimum Gasteiger partial charge on any atom is -0.490 e. The second-order valence-corrected chi connectivity index (χ2v) is 13.3. The Morgan fingerprint density at radius 2 is 1.52 bits per heavy atom. The smallest absolute Gasteiger partial charge is 0.253 e. The van der Waals surface area contributed by atoms with E-state index in [1.807, 2.05) is 29.2 Å². The summed E-state index contributed by atoms with van der Waals surface area (Å²) in [5.41, 5.74) is 4.81. The quantitative estimate of drug-likeness (QED) is 0.300. The Morgan fingerprint density at radius 3 is 2.17 bits per heavy atom. The van der Waals surface area contributed by atoms with E-state index < -0.39 is 0 Å². The predicted molar refractivity (Wildman–Crippen MR) is 188 cm³/mol. The number of amides is 1. The second-order valence-electron chi connectivity index (χ2n) is 13.3. The lowest BCUT2D eigenvalue weighted by molar-refractivity contribution is 0.0595. The van der Waals surface area contributed by atoms with Gasteiger partial charge in [-0.1, -0.05) is 45.0 Å². The Labute approximate surface area is 285 Å². The topological polar surface area (TPSA) is 66.1 Å². The Morgan fingerprint density at radius 1 is 0.804 bits per heavy atom. The maximum Gasteiger partial charge on any atom is 0.253 e. The zero-order chi connectivity index (χ0) is 30.7. The second kappa shape index (κ2) is 15.7. The van der Waals surface area contributed by atoms with E-state index in [4.69, 9.17) is 9.47 Å². The molecule has 0 radical (unpaired) electrons. The molecule has 46 heavy (non-hydrogen) atoms. The largest absolute Gasteiger partial charge is 0.490 e. The minimum atomic E-state index is -0.288. The lowest BCUT2D eigenvalue weighted by Crippen LogP contribution is -2.43. The van der Waals surface area contributed by atoms with Crippen molar-refractivity contribution in [1.82, 2.24) is 15.5 Å². The summed E-state index contributed by atoms with van der Waals surface area (Å²) in [7, 11) is 0. The van der Waals surface area contributed by atoms with Gasteiger partial charge in [0.05, 0.1) is 0 Å². The van der Waals surface area contributed by atoms with E-state index in [2.05, 4.69) is 60.6 Å². The first-order chi connectivity index (χ1) is 21.2. The summed E-state index contributed by atoms with van der Waals surface area (Å²) in [5, 5.41) is 6.70. The third-order valence-electron chi connectivity index (χ3n) is 8.97. The van der Waals surface area contributed by atoms with Crippen LogP contribution in [0.25, 0.3) is 11.1 Å². The number of nitrogens with zero attached hydrogens (tertiary/aromatic N) is 2. The molecule has 6 rings (SSSR count). The van der Waals surface area contributed by atoms with E-state index in [-0.39, 0.29) is 54.2 Å². The predicted octanol–water partition coefficient (Wildman–Crippen LogP) is 6.47. The molecule has 0 saturated carbocycles. The standard InChI is InChI=1S/C36H45FN4O3.2ClH/c1-36(2,3)27-7-4-25(5-8-27)33-20-26(6-9-34(33)44-31-10-13-39-24-31)35(42)41-16-11-30(12-17-41)43-32-22-28(37)21-29(23-32)40-18-14-38-15-19-40;;/h4-9,20-23,30-31,38-39H,10-19,24H2,1-3H3;2*1H/t31-;;/m0../s1. The van der Waals surface area contributed by atoms with Crippen LogP contribution in [0, 0.1) is 5.82 Å². The summed E-state index contributed by atoms with van der Waals surface area (Å²) in [6.45, 7) is 13.0. The van der Waals surface area contributed by atoms with Crippen molar-refractivity contribution in [3.63, 3.8) is 0 Å². The van der Waals surface area contributed by atoms with Gasteiger partial charge in [-0.25, -0.2) is 4.39 Å². The number of carbonyl (C=O) groups excluding carboxylic acids is 1. The number of benzene rings is 3. The molecule has 3 aliphatic rings. The van der Waals surface area contributed by atoms with E-state index in [0.29, 0.717) is 37.2 Å². The number of hydrogen-bond donors (Lipinski definition) is 2. The van der Waals surface area contributed by atoms with Gasteiger partial charge in [0.25, 0.3) is 5.91 Å². The van der Waals surface area contributed by atoms with E-state index >= 15 is 0 Å². The van der Waals surface area contributed by atoms with Gasteiger partial charge in [0, 0.05) is 87.6 Å². The summed E-state index contributed by atoms with van der Waals surface area (Å²) in [4.78, 5) is 17.8. The number of nitrogens with one attached hydrogen (secondary N) is 2. The number of likely N-dealkylation sites (tertiary alicyclic amines) is 1. The van der Waals surface area contributed by atoms with Crippen molar-refractivity contribution in [2.45, 2.75) is 57.7 Å². The van der Waals surface area contributed by atoms with Gasteiger partial charge in [-0.3, -0.25) is 4.79 Å². The fourth-order valence-corrected chi connectivity index (χ4v) is 6.32. The summed E-state index contributed by atoms with van der Waals surface area (Å²) >= 11 is 0. The number of anilines is 1. The summed E-state index contributed by atoms with van der Waals surface area (Å²) in [6.07, 6.45) is 2.41. The molecule has 0 aromatic heterocycles. The molecule has 1 amide bonds. The van der Waals surface area contributed by atoms with Gasteiger partial charge in [0.1, 0.15) is 29.5 Å². The van der Waals surface area contributed by atoms with Crippen LogP contribution in [-0.2, 0) is 5.41 Å². The molecule has 0 spiro atoms. The molecule has 7 nitrogen and oxygen atoms in total. The Balaban J connectivity index is 0.00000240. The lowest BCUT2D eigenvalue weighted by Gasteiger charge is -2.33. The van der Waals surface area contributed by atoms with Gasteiger partial charge in [0.15, 0.2) is 0 Å². The highest BCUT2D eigenvalue weighted by molar-refractivity contribution is 5.96. The Kier molecular flexibility index (Phi) is 12.2. The normalized spacial score (nSPS) is 18.8. The molecular formula is C36H47Cl2FN4O3. The zero-order valence-corrected chi connectivity index (χ0v) is 28.7. The highest BCUT2D eigenvalue weighted by atomic mass is 35.5. The van der Waals surface area contributed by atoms with Crippen molar-refractivity contribution in [3.05, 3.63) is 77.6 Å². The molecule has 250 valence electrons. The average Bonchev–Trinajstić information content (AvgIpc) is 3.54. The van der Waals surface area contributed by atoms with Crippen LogP contribution in [0.15, 0.2) is 60.7 Å². The molecule has 10 heteroatoms. The maximum atomic E-state index is 14.5. The molecule has 3 aromatic rings. The van der Waals surface area contributed by atoms with E-state index in [1.165, 1.54) is 11.6 Å². The van der Waals surface area contributed by atoms with Gasteiger partial charge >= 0.3 is 0 Å². The first kappa shape index (κ1) is 35.8. The molecule has 1 atom stereocenters. The van der Waals surface area contributed by atoms with Crippen LogP contribution in [-0.4, -0.2) is 75.4 Å². The van der Waals surface area contributed by atoms with E-state index in [0.717, 1.165) is 68.3 Å². The van der Waals surface area contributed by atoms with Crippen molar-refractivity contribution < 1.29 is 18.7 Å². The number of halogens is 3. The number of piperazine rings is 1. The van der Waals surface area contributed by atoms with Crippen LogP contribution in [0.2, 0.25) is 0 Å².